The smallest absolute Gasteiger partial charge is 0.135 e. The number of rotatable bonds is 8. The molecular formula is C52H36N2O. The first-order valence-corrected chi connectivity index (χ1v) is 18.7. The lowest BCUT2D eigenvalue weighted by molar-refractivity contribution is 0.669. The van der Waals surface area contributed by atoms with Gasteiger partial charge in [0.2, 0.25) is 0 Å². The second-order valence-electron chi connectivity index (χ2n) is 13.8. The number of nitrogens with zero attached hydrogens (tertiary/aromatic N) is 2. The van der Waals surface area contributed by atoms with Crippen molar-refractivity contribution in [2.24, 2.45) is 0 Å². The molecule has 0 bridgehead atoms. The van der Waals surface area contributed by atoms with E-state index in [1.165, 1.54) is 16.3 Å². The summed E-state index contributed by atoms with van der Waals surface area (Å²) in [6.07, 6.45) is 0. The number of hydrogen-bond acceptors (Lipinski definition) is 3. The highest BCUT2D eigenvalue weighted by Crippen LogP contribution is 2.43. The van der Waals surface area contributed by atoms with Crippen molar-refractivity contribution in [3.63, 3.8) is 0 Å². The minimum absolute atomic E-state index is 0.883. The number of para-hydroxylation sites is 3. The maximum atomic E-state index is 6.21. The zero-order chi connectivity index (χ0) is 36.6. The predicted octanol–water partition coefficient (Wildman–Crippen LogP) is 15.0. The predicted molar refractivity (Wildman–Crippen MR) is 231 cm³/mol. The van der Waals surface area contributed by atoms with Crippen LogP contribution in [0, 0.1) is 0 Å². The quantitative estimate of drug-likeness (QED) is 0.157. The van der Waals surface area contributed by atoms with E-state index in [0.29, 0.717) is 0 Å². The number of furan rings is 1. The van der Waals surface area contributed by atoms with Crippen LogP contribution >= 0.6 is 0 Å². The Hall–Kier alpha value is -7.36. The molecule has 55 heavy (non-hydrogen) atoms. The van der Waals surface area contributed by atoms with Crippen molar-refractivity contribution in [3.05, 3.63) is 218 Å². The Morgan fingerprint density at radius 2 is 0.764 bits per heavy atom. The van der Waals surface area contributed by atoms with Gasteiger partial charge >= 0.3 is 0 Å². The molecule has 0 aliphatic carbocycles. The molecule has 0 atom stereocenters. The molecule has 0 aliphatic heterocycles. The molecule has 3 nitrogen and oxygen atoms in total. The molecule has 0 saturated heterocycles. The Labute approximate surface area is 320 Å². The lowest BCUT2D eigenvalue weighted by atomic mass is 9.93. The summed E-state index contributed by atoms with van der Waals surface area (Å²) in [5.74, 6) is 0. The first kappa shape index (κ1) is 32.3. The average molecular weight is 705 g/mol. The fourth-order valence-corrected chi connectivity index (χ4v) is 7.79. The van der Waals surface area contributed by atoms with E-state index in [0.717, 1.165) is 72.8 Å². The Morgan fingerprint density at radius 1 is 0.273 bits per heavy atom. The molecule has 0 amide bonds. The number of anilines is 6. The Morgan fingerprint density at radius 3 is 1.51 bits per heavy atom. The highest BCUT2D eigenvalue weighted by Gasteiger charge is 2.19. The maximum absolute atomic E-state index is 6.21. The van der Waals surface area contributed by atoms with Gasteiger partial charge in [-0.25, -0.2) is 0 Å². The van der Waals surface area contributed by atoms with Crippen LogP contribution in [0.2, 0.25) is 0 Å². The zero-order valence-electron chi connectivity index (χ0n) is 30.1. The number of benzene rings is 9. The average Bonchev–Trinajstić information content (AvgIpc) is 3.63. The molecule has 0 spiro atoms. The van der Waals surface area contributed by atoms with Crippen LogP contribution in [0.25, 0.3) is 55.0 Å². The fraction of sp³-hybridized carbons (Fsp3) is 0. The molecule has 3 heteroatoms. The summed E-state index contributed by atoms with van der Waals surface area (Å²) in [5, 5.41) is 4.66. The molecule has 0 aliphatic rings. The minimum atomic E-state index is 0.883. The molecule has 0 fully saturated rings. The Balaban J connectivity index is 1.09. The van der Waals surface area contributed by atoms with Gasteiger partial charge in [0.1, 0.15) is 11.2 Å². The molecule has 0 N–H and O–H groups in total. The first-order valence-electron chi connectivity index (χ1n) is 18.7. The van der Waals surface area contributed by atoms with E-state index in [-0.39, 0.29) is 0 Å². The van der Waals surface area contributed by atoms with Gasteiger partial charge in [0, 0.05) is 44.9 Å². The summed E-state index contributed by atoms with van der Waals surface area (Å²) in [5.41, 5.74) is 13.0. The van der Waals surface area contributed by atoms with E-state index in [2.05, 4.69) is 216 Å². The third-order valence-corrected chi connectivity index (χ3v) is 10.4. The third-order valence-electron chi connectivity index (χ3n) is 10.4. The van der Waals surface area contributed by atoms with Crippen molar-refractivity contribution >= 4 is 66.8 Å². The molecule has 10 aromatic rings. The Kier molecular flexibility index (Phi) is 8.16. The van der Waals surface area contributed by atoms with E-state index in [1.807, 2.05) is 12.1 Å². The van der Waals surface area contributed by atoms with Crippen molar-refractivity contribution in [1.29, 1.82) is 0 Å². The molecule has 1 heterocycles. The molecular weight excluding hydrogens is 669 g/mol. The minimum Gasteiger partial charge on any atom is -0.456 e. The van der Waals surface area contributed by atoms with Crippen LogP contribution in [0.15, 0.2) is 223 Å². The summed E-state index contributed by atoms with van der Waals surface area (Å²) in [4.78, 5) is 4.66. The number of fused-ring (bicyclic) bond motifs is 4. The van der Waals surface area contributed by atoms with Crippen LogP contribution in [-0.4, -0.2) is 0 Å². The lowest BCUT2D eigenvalue weighted by Gasteiger charge is -2.27. The molecule has 0 radical (unpaired) electrons. The van der Waals surface area contributed by atoms with Gasteiger partial charge in [0.15, 0.2) is 0 Å². The van der Waals surface area contributed by atoms with Crippen LogP contribution in [0.3, 0.4) is 0 Å². The van der Waals surface area contributed by atoms with Crippen molar-refractivity contribution in [2.45, 2.75) is 0 Å². The van der Waals surface area contributed by atoms with Gasteiger partial charge in [-0.2, -0.15) is 0 Å². The standard InChI is InChI=1S/C52H36N2O/c1-4-15-38(16-5-1)49-35-45(54(42-20-8-3-9-21-42)46-31-33-52-50(36-46)48-22-12-13-23-51(48)55-52)30-32-47(49)39-25-27-43(28-26-39)53(41-18-6-2-7-19-41)44-29-24-37-14-10-11-17-40(37)34-44/h1-36H. The second kappa shape index (κ2) is 13.9. The highest BCUT2D eigenvalue weighted by atomic mass is 16.3. The summed E-state index contributed by atoms with van der Waals surface area (Å²) < 4.78 is 6.21. The maximum Gasteiger partial charge on any atom is 0.135 e. The van der Waals surface area contributed by atoms with Gasteiger partial charge in [-0.15, -0.1) is 0 Å². The van der Waals surface area contributed by atoms with Gasteiger partial charge in [-0.05, 0) is 118 Å². The molecule has 9 aromatic carbocycles. The van der Waals surface area contributed by atoms with Gasteiger partial charge < -0.3 is 14.2 Å². The van der Waals surface area contributed by atoms with Crippen LogP contribution < -0.4 is 9.80 Å². The van der Waals surface area contributed by atoms with Crippen LogP contribution in [0.5, 0.6) is 0 Å². The van der Waals surface area contributed by atoms with Crippen molar-refractivity contribution in [1.82, 2.24) is 0 Å². The van der Waals surface area contributed by atoms with Gasteiger partial charge in [-0.3, -0.25) is 0 Å². The van der Waals surface area contributed by atoms with Crippen LogP contribution in [0.4, 0.5) is 34.1 Å². The normalized spacial score (nSPS) is 11.3. The van der Waals surface area contributed by atoms with Crippen LogP contribution in [0.1, 0.15) is 0 Å². The molecule has 10 rings (SSSR count). The summed E-state index contributed by atoms with van der Waals surface area (Å²) in [6, 6.07) is 77.7. The van der Waals surface area contributed by atoms with E-state index in [4.69, 9.17) is 4.42 Å². The highest BCUT2D eigenvalue weighted by molar-refractivity contribution is 6.06. The molecule has 0 unspecified atom stereocenters. The van der Waals surface area contributed by atoms with E-state index in [9.17, 15) is 0 Å². The SMILES string of the molecule is c1ccc(-c2cc(N(c3ccccc3)c3ccc4oc5ccccc5c4c3)ccc2-c2ccc(N(c3ccccc3)c3ccc4ccccc4c3)cc2)cc1. The van der Waals surface area contributed by atoms with Crippen molar-refractivity contribution in [2.75, 3.05) is 9.80 Å². The summed E-state index contributed by atoms with van der Waals surface area (Å²) in [6.45, 7) is 0. The first-order chi connectivity index (χ1) is 27.3. The van der Waals surface area contributed by atoms with Crippen LogP contribution in [-0.2, 0) is 0 Å². The van der Waals surface area contributed by atoms with E-state index in [1.54, 1.807) is 0 Å². The van der Waals surface area contributed by atoms with Gasteiger partial charge in [0.05, 0.1) is 0 Å². The Bertz CT molecular complexity index is 2920. The fourth-order valence-electron chi connectivity index (χ4n) is 7.79. The van der Waals surface area contributed by atoms with Crippen molar-refractivity contribution in [3.8, 4) is 22.3 Å². The summed E-state index contributed by atoms with van der Waals surface area (Å²) >= 11 is 0. The van der Waals surface area contributed by atoms with E-state index >= 15 is 0 Å². The van der Waals surface area contributed by atoms with E-state index < -0.39 is 0 Å². The topological polar surface area (TPSA) is 19.6 Å². The zero-order valence-corrected chi connectivity index (χ0v) is 30.1. The molecule has 260 valence electrons. The van der Waals surface area contributed by atoms with Gasteiger partial charge in [0.25, 0.3) is 0 Å². The second-order valence-corrected chi connectivity index (χ2v) is 13.8. The van der Waals surface area contributed by atoms with Gasteiger partial charge in [-0.1, -0.05) is 133 Å². The largest absolute Gasteiger partial charge is 0.456 e. The molecule has 0 saturated carbocycles. The van der Waals surface area contributed by atoms with Crippen molar-refractivity contribution < 1.29 is 4.42 Å². The number of hydrogen-bond donors (Lipinski definition) is 0. The third kappa shape index (κ3) is 6.08. The summed E-state index contributed by atoms with van der Waals surface area (Å²) in [7, 11) is 0. The lowest BCUT2D eigenvalue weighted by Crippen LogP contribution is -2.10. The monoisotopic (exact) mass is 704 g/mol. The molecule has 1 aromatic heterocycles.